The lowest BCUT2D eigenvalue weighted by atomic mass is 10.2. The van der Waals surface area contributed by atoms with Crippen molar-refractivity contribution in [3.63, 3.8) is 0 Å². The highest BCUT2D eigenvalue weighted by molar-refractivity contribution is 6.31. The van der Waals surface area contributed by atoms with Crippen LogP contribution >= 0.6 is 11.6 Å². The second-order valence-electron chi connectivity index (χ2n) is 3.55. The summed E-state index contributed by atoms with van der Waals surface area (Å²) >= 11 is 5.60. The van der Waals surface area contributed by atoms with Crippen LogP contribution in [0.5, 0.6) is 0 Å². The van der Waals surface area contributed by atoms with Gasteiger partial charge in [0.05, 0.1) is 16.9 Å². The lowest BCUT2D eigenvalue weighted by molar-refractivity contribution is 0.102. The summed E-state index contributed by atoms with van der Waals surface area (Å²) < 4.78 is 12.9. The first-order valence-electron chi connectivity index (χ1n) is 5.04. The first-order valence-corrected chi connectivity index (χ1v) is 5.42. The highest BCUT2D eigenvalue weighted by Gasteiger charge is 2.09. The van der Waals surface area contributed by atoms with Gasteiger partial charge in [-0.1, -0.05) is 11.6 Å². The molecule has 0 aliphatic carbocycles. The van der Waals surface area contributed by atoms with Gasteiger partial charge in [0.15, 0.2) is 0 Å². The van der Waals surface area contributed by atoms with E-state index in [0.29, 0.717) is 11.5 Å². The van der Waals surface area contributed by atoms with E-state index in [0.717, 1.165) is 6.07 Å². The van der Waals surface area contributed by atoms with Gasteiger partial charge >= 0.3 is 0 Å². The summed E-state index contributed by atoms with van der Waals surface area (Å²) in [5.74, 6) is -0.608. The molecule has 2 rings (SSSR count). The van der Waals surface area contributed by atoms with Crippen LogP contribution in [0.2, 0.25) is 5.02 Å². The van der Waals surface area contributed by atoms with Gasteiger partial charge in [-0.25, -0.2) is 9.37 Å². The molecule has 1 aromatic heterocycles. The number of nitrogen functional groups attached to an aromatic ring is 1. The van der Waals surface area contributed by atoms with Crippen LogP contribution < -0.4 is 11.1 Å². The molecule has 0 radical (unpaired) electrons. The van der Waals surface area contributed by atoms with Gasteiger partial charge in [0, 0.05) is 5.56 Å². The van der Waals surface area contributed by atoms with Crippen molar-refractivity contribution in [3.8, 4) is 0 Å². The number of nitrogens with one attached hydrogen (secondary N) is 1. The Morgan fingerprint density at radius 1 is 1.33 bits per heavy atom. The summed E-state index contributed by atoms with van der Waals surface area (Å²) in [6.07, 6.45) is 1.43. The van der Waals surface area contributed by atoms with Gasteiger partial charge in [0.1, 0.15) is 11.6 Å². The Morgan fingerprint density at radius 3 is 2.72 bits per heavy atom. The molecule has 18 heavy (non-hydrogen) atoms. The number of anilines is 2. The number of benzene rings is 1. The third-order valence-corrected chi connectivity index (χ3v) is 2.52. The molecule has 0 aliphatic rings. The zero-order chi connectivity index (χ0) is 13.1. The maximum absolute atomic E-state index is 12.9. The van der Waals surface area contributed by atoms with E-state index in [-0.39, 0.29) is 10.6 Å². The van der Waals surface area contributed by atoms with Gasteiger partial charge in [-0.3, -0.25) is 4.79 Å². The van der Waals surface area contributed by atoms with Crippen LogP contribution in [0.1, 0.15) is 10.4 Å². The lowest BCUT2D eigenvalue weighted by Crippen LogP contribution is -2.12. The van der Waals surface area contributed by atoms with Crippen LogP contribution in [0.4, 0.5) is 15.9 Å². The van der Waals surface area contributed by atoms with E-state index in [1.807, 2.05) is 0 Å². The Hall–Kier alpha value is -2.14. The number of carbonyl (C=O) groups excluding carboxylic acids is 1. The number of hydrogen-bond donors (Lipinski definition) is 2. The Bertz CT molecular complexity index is 586. The van der Waals surface area contributed by atoms with Crippen molar-refractivity contribution >= 4 is 29.0 Å². The topological polar surface area (TPSA) is 68.0 Å². The van der Waals surface area contributed by atoms with Crippen molar-refractivity contribution < 1.29 is 9.18 Å². The van der Waals surface area contributed by atoms with E-state index in [4.69, 9.17) is 17.3 Å². The zero-order valence-corrected chi connectivity index (χ0v) is 9.91. The number of pyridine rings is 1. The fraction of sp³-hybridized carbons (Fsp3) is 0. The van der Waals surface area contributed by atoms with Crippen LogP contribution in [0.25, 0.3) is 0 Å². The molecule has 0 bridgehead atoms. The maximum Gasteiger partial charge on any atom is 0.255 e. The quantitative estimate of drug-likeness (QED) is 0.877. The van der Waals surface area contributed by atoms with Gasteiger partial charge in [-0.05, 0) is 30.3 Å². The van der Waals surface area contributed by atoms with E-state index >= 15 is 0 Å². The number of carbonyl (C=O) groups is 1. The highest BCUT2D eigenvalue weighted by atomic mass is 35.5. The molecule has 1 heterocycles. The standard InChI is InChI=1S/C12H9ClFN3O/c13-9-5-7(1-3-10(9)14)12(18)17-8-2-4-11(15)16-6-8/h1-6H,(H2,15,16)(H,17,18). The third kappa shape index (κ3) is 2.75. The van der Waals surface area contributed by atoms with Crippen molar-refractivity contribution in [1.82, 2.24) is 4.98 Å². The average Bonchev–Trinajstić information content (AvgIpc) is 2.35. The number of rotatable bonds is 2. The normalized spacial score (nSPS) is 10.1. The van der Waals surface area contributed by atoms with Crippen LogP contribution in [0, 0.1) is 5.82 Å². The second kappa shape index (κ2) is 5.01. The molecular weight excluding hydrogens is 257 g/mol. The van der Waals surface area contributed by atoms with Crippen molar-refractivity contribution in [1.29, 1.82) is 0 Å². The second-order valence-corrected chi connectivity index (χ2v) is 3.96. The Balaban J connectivity index is 2.16. The molecule has 3 N–H and O–H groups in total. The minimum absolute atomic E-state index is 0.0990. The largest absolute Gasteiger partial charge is 0.384 e. The molecule has 0 atom stereocenters. The molecule has 4 nitrogen and oxygen atoms in total. The summed E-state index contributed by atoms with van der Waals surface area (Å²) in [7, 11) is 0. The first-order chi connectivity index (χ1) is 8.56. The summed E-state index contributed by atoms with van der Waals surface area (Å²) in [5.41, 5.74) is 6.18. The minimum atomic E-state index is -0.567. The fourth-order valence-electron chi connectivity index (χ4n) is 1.32. The number of nitrogens with zero attached hydrogens (tertiary/aromatic N) is 1. The van der Waals surface area contributed by atoms with Gasteiger partial charge in [0.2, 0.25) is 0 Å². The monoisotopic (exact) mass is 265 g/mol. The number of nitrogens with two attached hydrogens (primary N) is 1. The molecular formula is C12H9ClFN3O. The van der Waals surface area contributed by atoms with Crippen molar-refractivity contribution in [3.05, 3.63) is 52.9 Å². The number of halogens is 2. The van der Waals surface area contributed by atoms with Gasteiger partial charge in [0.25, 0.3) is 5.91 Å². The summed E-state index contributed by atoms with van der Waals surface area (Å²) in [4.78, 5) is 15.6. The molecule has 6 heteroatoms. The highest BCUT2D eigenvalue weighted by Crippen LogP contribution is 2.17. The van der Waals surface area contributed by atoms with Gasteiger partial charge < -0.3 is 11.1 Å². The van der Waals surface area contributed by atoms with Gasteiger partial charge in [-0.15, -0.1) is 0 Å². The fourth-order valence-corrected chi connectivity index (χ4v) is 1.50. The summed E-state index contributed by atoms with van der Waals surface area (Å²) in [6, 6.07) is 6.93. The van der Waals surface area contributed by atoms with Crippen molar-refractivity contribution in [2.24, 2.45) is 0 Å². The van der Waals surface area contributed by atoms with Crippen molar-refractivity contribution in [2.45, 2.75) is 0 Å². The average molecular weight is 266 g/mol. The molecule has 0 spiro atoms. The predicted molar refractivity (Wildman–Crippen MR) is 68.0 cm³/mol. The number of hydrogen-bond acceptors (Lipinski definition) is 3. The Kier molecular flexibility index (Phi) is 3.43. The molecule has 2 aromatic rings. The molecule has 1 amide bonds. The number of aromatic nitrogens is 1. The smallest absolute Gasteiger partial charge is 0.255 e. The molecule has 0 fully saturated rings. The third-order valence-electron chi connectivity index (χ3n) is 2.23. The molecule has 0 aliphatic heterocycles. The molecule has 1 aromatic carbocycles. The molecule has 0 unspecified atom stereocenters. The summed E-state index contributed by atoms with van der Waals surface area (Å²) in [5, 5.41) is 2.50. The molecule has 0 saturated heterocycles. The van der Waals surface area contributed by atoms with Crippen LogP contribution in [-0.4, -0.2) is 10.9 Å². The SMILES string of the molecule is Nc1ccc(NC(=O)c2ccc(F)c(Cl)c2)cn1. The van der Waals surface area contributed by atoms with Gasteiger partial charge in [-0.2, -0.15) is 0 Å². The van der Waals surface area contributed by atoms with Crippen molar-refractivity contribution in [2.75, 3.05) is 11.1 Å². The number of amides is 1. The van der Waals surface area contributed by atoms with E-state index in [1.54, 1.807) is 12.1 Å². The molecule has 92 valence electrons. The van der Waals surface area contributed by atoms with E-state index in [9.17, 15) is 9.18 Å². The van der Waals surface area contributed by atoms with Crippen LogP contribution in [0.3, 0.4) is 0 Å². The predicted octanol–water partition coefficient (Wildman–Crippen LogP) is 2.71. The van der Waals surface area contributed by atoms with E-state index < -0.39 is 11.7 Å². The Morgan fingerprint density at radius 2 is 2.11 bits per heavy atom. The van der Waals surface area contributed by atoms with E-state index in [2.05, 4.69) is 10.3 Å². The molecule has 0 saturated carbocycles. The minimum Gasteiger partial charge on any atom is -0.384 e. The lowest BCUT2D eigenvalue weighted by Gasteiger charge is -2.05. The van der Waals surface area contributed by atoms with Crippen LogP contribution in [0.15, 0.2) is 36.5 Å². The Labute approximate surface area is 108 Å². The first kappa shape index (κ1) is 12.3. The zero-order valence-electron chi connectivity index (χ0n) is 9.15. The summed E-state index contributed by atoms with van der Waals surface area (Å²) in [6.45, 7) is 0. The maximum atomic E-state index is 12.9. The van der Waals surface area contributed by atoms with E-state index in [1.165, 1.54) is 18.3 Å². The van der Waals surface area contributed by atoms with Crippen LogP contribution in [-0.2, 0) is 0 Å².